The van der Waals surface area contributed by atoms with Crippen LogP contribution >= 0.6 is 0 Å². The molecule has 0 bridgehead atoms. The van der Waals surface area contributed by atoms with Crippen molar-refractivity contribution < 1.29 is 9.59 Å². The standard InChI is InChI=1S/C23H21N3O2/c1-14-6-8-16(9-7-14)18-11-20-19(21(27)12-18)13-24-23(25-20)26-22(28)17-5-3-4-15(2)10-17/h3-10,13,18H,11-12H2,1-2H3,(H,24,25,26,28). The van der Waals surface area contributed by atoms with Gasteiger partial charge in [0.25, 0.3) is 5.91 Å². The van der Waals surface area contributed by atoms with E-state index < -0.39 is 0 Å². The van der Waals surface area contributed by atoms with E-state index in [0.717, 1.165) is 11.1 Å². The predicted molar refractivity (Wildman–Crippen MR) is 108 cm³/mol. The Morgan fingerprint density at radius 2 is 1.82 bits per heavy atom. The Morgan fingerprint density at radius 3 is 2.57 bits per heavy atom. The van der Waals surface area contributed by atoms with E-state index in [1.807, 2.05) is 32.0 Å². The van der Waals surface area contributed by atoms with Crippen molar-refractivity contribution in [3.8, 4) is 0 Å². The molecule has 0 fully saturated rings. The number of rotatable bonds is 3. The molecule has 1 aliphatic rings. The molecule has 0 radical (unpaired) electrons. The van der Waals surface area contributed by atoms with Crippen LogP contribution in [-0.4, -0.2) is 21.7 Å². The van der Waals surface area contributed by atoms with Crippen LogP contribution in [-0.2, 0) is 6.42 Å². The van der Waals surface area contributed by atoms with E-state index in [9.17, 15) is 9.59 Å². The van der Waals surface area contributed by atoms with Gasteiger partial charge in [0.2, 0.25) is 5.95 Å². The second-order valence-electron chi connectivity index (χ2n) is 7.32. The number of carbonyl (C=O) groups excluding carboxylic acids is 2. The van der Waals surface area contributed by atoms with Gasteiger partial charge < -0.3 is 0 Å². The number of hydrogen-bond acceptors (Lipinski definition) is 4. The lowest BCUT2D eigenvalue weighted by atomic mass is 9.82. The van der Waals surface area contributed by atoms with E-state index in [1.165, 1.54) is 11.8 Å². The molecule has 1 aliphatic carbocycles. The summed E-state index contributed by atoms with van der Waals surface area (Å²) in [6.45, 7) is 3.98. The van der Waals surface area contributed by atoms with Gasteiger partial charge in [-0.1, -0.05) is 47.5 Å². The van der Waals surface area contributed by atoms with Gasteiger partial charge in [0.15, 0.2) is 5.78 Å². The first kappa shape index (κ1) is 18.0. The molecule has 5 nitrogen and oxygen atoms in total. The van der Waals surface area contributed by atoms with E-state index in [-0.39, 0.29) is 23.6 Å². The maximum absolute atomic E-state index is 12.6. The van der Waals surface area contributed by atoms with E-state index in [2.05, 4.69) is 39.6 Å². The fraction of sp³-hybridized carbons (Fsp3) is 0.217. The van der Waals surface area contributed by atoms with Crippen LogP contribution in [0.5, 0.6) is 0 Å². The average Bonchev–Trinajstić information content (AvgIpc) is 2.68. The summed E-state index contributed by atoms with van der Waals surface area (Å²) in [5.41, 5.74) is 5.12. The molecule has 4 rings (SSSR count). The number of amides is 1. The number of aryl methyl sites for hydroxylation is 2. The number of Topliss-reactive ketones (excluding diaryl/α,β-unsaturated/α-hetero) is 1. The van der Waals surface area contributed by atoms with Crippen molar-refractivity contribution in [3.63, 3.8) is 0 Å². The third-order valence-electron chi connectivity index (χ3n) is 5.09. The summed E-state index contributed by atoms with van der Waals surface area (Å²) in [6, 6.07) is 15.6. The molecule has 0 spiro atoms. The van der Waals surface area contributed by atoms with Gasteiger partial charge in [0.05, 0.1) is 11.3 Å². The Balaban J connectivity index is 1.57. The highest BCUT2D eigenvalue weighted by Crippen LogP contribution is 2.32. The number of aromatic nitrogens is 2. The first-order valence-corrected chi connectivity index (χ1v) is 9.33. The first-order chi connectivity index (χ1) is 13.5. The highest BCUT2D eigenvalue weighted by molar-refractivity contribution is 6.03. The fourth-order valence-corrected chi connectivity index (χ4v) is 3.54. The van der Waals surface area contributed by atoms with Gasteiger partial charge in [-0.3, -0.25) is 14.9 Å². The van der Waals surface area contributed by atoms with Gasteiger partial charge in [-0.25, -0.2) is 9.97 Å². The molecule has 3 aromatic rings. The quantitative estimate of drug-likeness (QED) is 0.747. The summed E-state index contributed by atoms with van der Waals surface area (Å²) in [6.07, 6.45) is 2.64. The molecule has 0 aliphatic heterocycles. The van der Waals surface area contributed by atoms with Gasteiger partial charge in [-0.05, 0) is 43.9 Å². The molecule has 28 heavy (non-hydrogen) atoms. The van der Waals surface area contributed by atoms with E-state index in [0.29, 0.717) is 29.7 Å². The van der Waals surface area contributed by atoms with E-state index in [1.54, 1.807) is 6.07 Å². The van der Waals surface area contributed by atoms with Crippen LogP contribution in [0.3, 0.4) is 0 Å². The van der Waals surface area contributed by atoms with Crippen LogP contribution in [0.15, 0.2) is 54.7 Å². The van der Waals surface area contributed by atoms with Gasteiger partial charge >= 0.3 is 0 Å². The summed E-state index contributed by atoms with van der Waals surface area (Å²) in [5, 5.41) is 2.74. The van der Waals surface area contributed by atoms with Crippen molar-refractivity contribution >= 4 is 17.6 Å². The number of hydrogen-bond donors (Lipinski definition) is 1. The summed E-state index contributed by atoms with van der Waals surface area (Å²) in [7, 11) is 0. The Hall–Kier alpha value is -3.34. The number of anilines is 1. The molecule has 0 saturated heterocycles. The SMILES string of the molecule is Cc1ccc(C2CC(=O)c3cnc(NC(=O)c4cccc(C)c4)nc3C2)cc1. The molecular weight excluding hydrogens is 350 g/mol. The van der Waals surface area contributed by atoms with Crippen LogP contribution in [0.1, 0.15) is 55.4 Å². The summed E-state index contributed by atoms with van der Waals surface area (Å²) >= 11 is 0. The van der Waals surface area contributed by atoms with Crippen LogP contribution in [0.4, 0.5) is 5.95 Å². The highest BCUT2D eigenvalue weighted by Gasteiger charge is 2.28. The van der Waals surface area contributed by atoms with Crippen molar-refractivity contribution in [2.45, 2.75) is 32.6 Å². The normalized spacial score (nSPS) is 15.8. The average molecular weight is 371 g/mol. The molecule has 1 unspecified atom stereocenters. The Labute approximate surface area is 163 Å². The second kappa shape index (κ2) is 7.35. The second-order valence-corrected chi connectivity index (χ2v) is 7.32. The molecule has 140 valence electrons. The number of fused-ring (bicyclic) bond motifs is 1. The van der Waals surface area contributed by atoms with Crippen LogP contribution in [0, 0.1) is 13.8 Å². The van der Waals surface area contributed by atoms with Crippen molar-refractivity contribution in [2.24, 2.45) is 0 Å². The Bertz CT molecular complexity index is 1060. The molecule has 1 atom stereocenters. The van der Waals surface area contributed by atoms with Gasteiger partial charge in [0.1, 0.15) is 0 Å². The smallest absolute Gasteiger partial charge is 0.258 e. The van der Waals surface area contributed by atoms with Crippen LogP contribution < -0.4 is 5.32 Å². The maximum Gasteiger partial charge on any atom is 0.258 e. The molecular formula is C23H21N3O2. The van der Waals surface area contributed by atoms with Crippen molar-refractivity contribution in [1.29, 1.82) is 0 Å². The summed E-state index contributed by atoms with van der Waals surface area (Å²) < 4.78 is 0. The van der Waals surface area contributed by atoms with Gasteiger partial charge in [-0.15, -0.1) is 0 Å². The molecule has 1 N–H and O–H groups in total. The highest BCUT2D eigenvalue weighted by atomic mass is 16.1. The molecule has 5 heteroatoms. The lowest BCUT2D eigenvalue weighted by Crippen LogP contribution is -2.22. The molecule has 0 saturated carbocycles. The van der Waals surface area contributed by atoms with Crippen LogP contribution in [0.2, 0.25) is 0 Å². The summed E-state index contributed by atoms with van der Waals surface area (Å²) in [5.74, 6) is 0.0997. The minimum absolute atomic E-state index is 0.0448. The third-order valence-corrected chi connectivity index (χ3v) is 5.09. The zero-order valence-corrected chi connectivity index (χ0v) is 15.9. The largest absolute Gasteiger partial charge is 0.294 e. The third kappa shape index (κ3) is 3.69. The topological polar surface area (TPSA) is 72.0 Å². The predicted octanol–water partition coefficient (Wildman–Crippen LogP) is 4.26. The first-order valence-electron chi connectivity index (χ1n) is 9.33. The van der Waals surface area contributed by atoms with Crippen molar-refractivity contribution in [3.05, 3.63) is 88.2 Å². The van der Waals surface area contributed by atoms with Gasteiger partial charge in [0, 0.05) is 18.2 Å². The number of nitrogens with one attached hydrogen (secondary N) is 1. The Kier molecular flexibility index (Phi) is 4.74. The van der Waals surface area contributed by atoms with Crippen LogP contribution in [0.25, 0.3) is 0 Å². The van der Waals surface area contributed by atoms with E-state index >= 15 is 0 Å². The molecule has 1 amide bonds. The molecule has 1 heterocycles. The number of benzene rings is 2. The fourth-order valence-electron chi connectivity index (χ4n) is 3.54. The number of carbonyl (C=O) groups is 2. The monoisotopic (exact) mass is 371 g/mol. The molecule has 2 aromatic carbocycles. The zero-order valence-electron chi connectivity index (χ0n) is 15.9. The lowest BCUT2D eigenvalue weighted by molar-refractivity contribution is 0.0962. The number of nitrogens with zero attached hydrogens (tertiary/aromatic N) is 2. The Morgan fingerprint density at radius 1 is 1.04 bits per heavy atom. The molecule has 1 aromatic heterocycles. The zero-order chi connectivity index (χ0) is 19.7. The minimum atomic E-state index is -0.263. The van der Waals surface area contributed by atoms with Crippen molar-refractivity contribution in [1.82, 2.24) is 9.97 Å². The lowest BCUT2D eigenvalue weighted by Gasteiger charge is -2.23. The minimum Gasteiger partial charge on any atom is -0.294 e. The number of ketones is 1. The van der Waals surface area contributed by atoms with E-state index in [4.69, 9.17) is 0 Å². The maximum atomic E-state index is 12.6. The van der Waals surface area contributed by atoms with Gasteiger partial charge in [-0.2, -0.15) is 0 Å². The summed E-state index contributed by atoms with van der Waals surface area (Å²) in [4.78, 5) is 33.7. The van der Waals surface area contributed by atoms with Crippen molar-refractivity contribution in [2.75, 3.05) is 5.32 Å².